The van der Waals surface area contributed by atoms with Crippen LogP contribution in [0.5, 0.6) is 0 Å². The van der Waals surface area contributed by atoms with Gasteiger partial charge in [0.1, 0.15) is 6.04 Å². The average Bonchev–Trinajstić information content (AvgIpc) is 3.83. The number of benzene rings is 2. The van der Waals surface area contributed by atoms with E-state index in [1.54, 1.807) is 24.4 Å². The summed E-state index contributed by atoms with van der Waals surface area (Å²) in [6, 6.07) is 12.4. The normalized spacial score (nSPS) is 18.2. The van der Waals surface area contributed by atoms with Gasteiger partial charge in [-0.2, -0.15) is 8.78 Å². The molecule has 0 aliphatic carbocycles. The van der Waals surface area contributed by atoms with Gasteiger partial charge in [-0.25, -0.2) is 4.79 Å². The van der Waals surface area contributed by atoms with E-state index in [0.29, 0.717) is 18.8 Å². The molecule has 0 unspecified atom stereocenters. The van der Waals surface area contributed by atoms with Crippen molar-refractivity contribution < 1.29 is 42.3 Å². The third kappa shape index (κ3) is 7.64. The highest BCUT2D eigenvalue weighted by atomic mass is 32.1. The lowest BCUT2D eigenvalue weighted by molar-refractivity contribution is -0.152. The number of carbonyl (C=O) groups is 4. The highest BCUT2D eigenvalue weighted by Gasteiger charge is 2.52. The minimum Gasteiger partial charge on any atom is -0.380 e. The molecule has 2 fully saturated rings. The van der Waals surface area contributed by atoms with Crippen molar-refractivity contribution >= 4 is 40.9 Å². The van der Waals surface area contributed by atoms with Gasteiger partial charge in [0.15, 0.2) is 11.6 Å². The molecule has 4 N–H and O–H groups in total. The van der Waals surface area contributed by atoms with Crippen molar-refractivity contribution in [2.45, 2.75) is 44.1 Å². The van der Waals surface area contributed by atoms with Crippen LogP contribution in [0.25, 0.3) is 0 Å². The molecule has 2 aliphatic rings. The molecular formula is C32H33F2N5O7S. The first-order valence-corrected chi connectivity index (χ1v) is 15.6. The van der Waals surface area contributed by atoms with Crippen LogP contribution in [-0.2, 0) is 34.6 Å². The van der Waals surface area contributed by atoms with Gasteiger partial charge in [0.05, 0.1) is 32.3 Å². The lowest BCUT2D eigenvalue weighted by Gasteiger charge is -2.25. The van der Waals surface area contributed by atoms with E-state index in [9.17, 15) is 28.0 Å². The average molecular weight is 670 g/mol. The molecule has 3 heterocycles. The first-order chi connectivity index (χ1) is 22.4. The smallest absolute Gasteiger partial charge is 0.332 e. The largest absolute Gasteiger partial charge is 0.380 e. The fourth-order valence-electron chi connectivity index (χ4n) is 5.31. The summed E-state index contributed by atoms with van der Waals surface area (Å²) in [7, 11) is 0. The number of nitrogens with two attached hydrogens (primary N) is 1. The van der Waals surface area contributed by atoms with Gasteiger partial charge in [-0.3, -0.25) is 14.4 Å². The Morgan fingerprint density at radius 1 is 1.09 bits per heavy atom. The van der Waals surface area contributed by atoms with Crippen molar-refractivity contribution in [3.05, 3.63) is 93.2 Å². The summed E-state index contributed by atoms with van der Waals surface area (Å²) in [6.45, 7) is 3.08. The van der Waals surface area contributed by atoms with Gasteiger partial charge in [0.2, 0.25) is 11.8 Å². The Labute approximate surface area is 272 Å². The number of thiophene rings is 1. The lowest BCUT2D eigenvalue weighted by atomic mass is 9.99. The van der Waals surface area contributed by atoms with Gasteiger partial charge < -0.3 is 35.6 Å². The van der Waals surface area contributed by atoms with Gasteiger partial charge in [0.25, 0.3) is 11.8 Å². The molecule has 0 bridgehead atoms. The van der Waals surface area contributed by atoms with Crippen LogP contribution in [0.3, 0.4) is 0 Å². The number of ether oxygens (including phenoxy) is 2. The summed E-state index contributed by atoms with van der Waals surface area (Å²) < 4.78 is 41.4. The number of amidine groups is 1. The van der Waals surface area contributed by atoms with Crippen molar-refractivity contribution in [2.24, 2.45) is 10.9 Å². The van der Waals surface area contributed by atoms with Gasteiger partial charge in [-0.05, 0) is 25.1 Å². The second-order valence-corrected chi connectivity index (χ2v) is 12.0. The number of amides is 3. The number of halogens is 2. The second-order valence-electron chi connectivity index (χ2n) is 11.1. The van der Waals surface area contributed by atoms with Gasteiger partial charge >= 0.3 is 5.97 Å². The standard InChI is InChI=1S/C32H33F2N5O7S/c1-19(26-14-22(17-47-26)28(35)38-46-20(2)40)37-30(43)25-15-31(44-12-13-45-31)18-39(25)27(41)16-36-29(42)21-8-10-24(11-9-21)32(33,34)23-6-4-3-5-7-23/h3-11,14,17,19,25H,12-13,15-16,18H2,1-2H3,(H2,35,38)(H,36,42)(H,37,43)/t19-,25+/m1/s1. The number of rotatable bonds is 10. The zero-order valence-corrected chi connectivity index (χ0v) is 26.4. The highest BCUT2D eigenvalue weighted by Crippen LogP contribution is 2.36. The summed E-state index contributed by atoms with van der Waals surface area (Å²) >= 11 is 1.31. The molecule has 2 aromatic carbocycles. The van der Waals surface area contributed by atoms with Crippen LogP contribution >= 0.6 is 11.3 Å². The van der Waals surface area contributed by atoms with Crippen LogP contribution in [0.2, 0.25) is 0 Å². The van der Waals surface area contributed by atoms with Crippen molar-refractivity contribution in [3.63, 3.8) is 0 Å². The third-order valence-corrected chi connectivity index (χ3v) is 8.86. The third-order valence-electron chi connectivity index (χ3n) is 7.75. The lowest BCUT2D eigenvalue weighted by Crippen LogP contribution is -2.49. The van der Waals surface area contributed by atoms with Gasteiger partial charge in [0, 0.05) is 45.9 Å². The Kier molecular flexibility index (Phi) is 9.98. The molecular weight excluding hydrogens is 636 g/mol. The highest BCUT2D eigenvalue weighted by molar-refractivity contribution is 7.10. The van der Waals surface area contributed by atoms with Gasteiger partial charge in [-0.1, -0.05) is 47.6 Å². The molecule has 1 spiro atoms. The molecule has 3 amide bonds. The van der Waals surface area contributed by atoms with Crippen molar-refractivity contribution in [1.82, 2.24) is 15.5 Å². The quantitative estimate of drug-likeness (QED) is 0.129. The molecule has 248 valence electrons. The number of hydrogen-bond acceptors (Lipinski definition) is 9. The van der Waals surface area contributed by atoms with Crippen LogP contribution < -0.4 is 16.4 Å². The van der Waals surface area contributed by atoms with Crippen LogP contribution in [0.15, 0.2) is 71.2 Å². The number of hydrogen-bond donors (Lipinski definition) is 3. The molecule has 2 aliphatic heterocycles. The molecule has 3 aromatic rings. The fraction of sp³-hybridized carbons (Fsp3) is 0.344. The molecule has 2 saturated heterocycles. The maximum Gasteiger partial charge on any atom is 0.332 e. The van der Waals surface area contributed by atoms with Crippen molar-refractivity contribution in [3.8, 4) is 0 Å². The number of likely N-dealkylation sites (tertiary alicyclic amines) is 1. The van der Waals surface area contributed by atoms with Gasteiger partial charge in [-0.15, -0.1) is 11.3 Å². The van der Waals surface area contributed by atoms with E-state index in [2.05, 4.69) is 20.6 Å². The van der Waals surface area contributed by atoms with Crippen LogP contribution in [-0.4, -0.2) is 72.6 Å². The summed E-state index contributed by atoms with van der Waals surface area (Å²) in [4.78, 5) is 57.4. The Balaban J connectivity index is 1.22. The second kappa shape index (κ2) is 13.9. The molecule has 1 aromatic heterocycles. The number of nitrogens with one attached hydrogen (secondary N) is 2. The Morgan fingerprint density at radius 3 is 2.40 bits per heavy atom. The molecule has 2 atom stereocenters. The summed E-state index contributed by atoms with van der Waals surface area (Å²) in [5.74, 6) is -6.69. The molecule has 47 heavy (non-hydrogen) atoms. The van der Waals surface area contributed by atoms with Crippen LogP contribution in [0, 0.1) is 0 Å². The summed E-state index contributed by atoms with van der Waals surface area (Å²) in [5, 5.41) is 10.7. The SMILES string of the molecule is CC(=O)ON=C(N)c1csc([C@@H](C)NC(=O)[C@@H]2CC3(CN2C(=O)CNC(=O)c2ccc(C(F)(F)c4ccccc4)cc2)OCCO3)c1. The van der Waals surface area contributed by atoms with E-state index >= 15 is 0 Å². The van der Waals surface area contributed by atoms with Crippen molar-refractivity contribution in [1.29, 1.82) is 0 Å². The van der Waals surface area contributed by atoms with E-state index in [0.717, 1.165) is 4.88 Å². The zero-order valence-electron chi connectivity index (χ0n) is 25.5. The predicted octanol–water partition coefficient (Wildman–Crippen LogP) is 3.02. The Morgan fingerprint density at radius 2 is 1.74 bits per heavy atom. The first-order valence-electron chi connectivity index (χ1n) is 14.7. The Bertz CT molecular complexity index is 1660. The van der Waals surface area contributed by atoms with E-state index in [4.69, 9.17) is 15.2 Å². The minimum atomic E-state index is -3.26. The molecule has 0 radical (unpaired) electrons. The fourth-order valence-corrected chi connectivity index (χ4v) is 6.22. The topological polar surface area (TPSA) is 162 Å². The van der Waals surface area contributed by atoms with Crippen LogP contribution in [0.1, 0.15) is 58.2 Å². The monoisotopic (exact) mass is 669 g/mol. The molecule has 15 heteroatoms. The van der Waals surface area contributed by atoms with Crippen LogP contribution in [0.4, 0.5) is 8.78 Å². The van der Waals surface area contributed by atoms with E-state index in [1.165, 1.54) is 71.7 Å². The number of oxime groups is 1. The summed E-state index contributed by atoms with van der Waals surface area (Å²) in [5.41, 5.74) is 6.00. The number of carbonyl (C=O) groups excluding carboxylic acids is 4. The van der Waals surface area contributed by atoms with Crippen molar-refractivity contribution in [2.75, 3.05) is 26.3 Å². The zero-order chi connectivity index (χ0) is 33.8. The van der Waals surface area contributed by atoms with E-state index in [-0.39, 0.29) is 35.5 Å². The maximum atomic E-state index is 14.9. The molecule has 5 rings (SSSR count). The predicted molar refractivity (Wildman–Crippen MR) is 166 cm³/mol. The summed E-state index contributed by atoms with van der Waals surface area (Å²) in [6.07, 6.45) is 0.0833. The Hall–Kier alpha value is -4.73. The number of alkyl halides is 2. The first kappa shape index (κ1) is 33.6. The molecule has 0 saturated carbocycles. The maximum absolute atomic E-state index is 14.9. The van der Waals surface area contributed by atoms with E-state index in [1.807, 2.05) is 0 Å². The molecule has 12 nitrogen and oxygen atoms in total. The minimum absolute atomic E-state index is 0.00521. The number of nitrogens with zero attached hydrogens (tertiary/aromatic N) is 2. The van der Waals surface area contributed by atoms with E-state index < -0.39 is 54.0 Å².